The molecule has 1 saturated heterocycles. The summed E-state index contributed by atoms with van der Waals surface area (Å²) < 4.78 is 1.89. The maximum absolute atomic E-state index is 12.1. The third kappa shape index (κ3) is 3.15. The summed E-state index contributed by atoms with van der Waals surface area (Å²) >= 11 is 0. The number of pyridine rings is 1. The van der Waals surface area contributed by atoms with E-state index in [-0.39, 0.29) is 11.2 Å². The predicted molar refractivity (Wildman–Crippen MR) is 96.0 cm³/mol. The number of non-ortho nitro benzene ring substituents is 1. The molecule has 3 heterocycles. The van der Waals surface area contributed by atoms with Crippen molar-refractivity contribution in [3.05, 3.63) is 74.2 Å². The van der Waals surface area contributed by atoms with E-state index < -0.39 is 11.0 Å². The number of β-amino-alcohol motifs (C(OH)–C–C–N with tert-alkyl or cyclic N) is 1. The van der Waals surface area contributed by atoms with E-state index in [9.17, 15) is 20.0 Å². The van der Waals surface area contributed by atoms with Gasteiger partial charge in [0.05, 0.1) is 11.0 Å². The van der Waals surface area contributed by atoms with Gasteiger partial charge in [0.2, 0.25) is 0 Å². The average molecular weight is 355 g/mol. The number of benzene rings is 1. The zero-order chi connectivity index (χ0) is 18.3. The molecule has 0 unspecified atom stereocenters. The minimum Gasteiger partial charge on any atom is -0.387 e. The van der Waals surface area contributed by atoms with E-state index in [1.807, 2.05) is 16.7 Å². The Balaban J connectivity index is 1.47. The van der Waals surface area contributed by atoms with Crippen LogP contribution in [0.4, 0.5) is 5.69 Å². The molecular weight excluding hydrogens is 334 g/mol. The molecule has 0 amide bonds. The SMILES string of the molecule is O=c1cccc2n1C[C@H]1C[C@@H]2CN(C[C@H](O)c2ccc([N+](=O)[O-])cc2)C1. The second-order valence-corrected chi connectivity index (χ2v) is 7.28. The van der Waals surface area contributed by atoms with Gasteiger partial charge in [0.15, 0.2) is 0 Å². The molecule has 1 aromatic carbocycles. The topological polar surface area (TPSA) is 88.6 Å². The second kappa shape index (κ2) is 6.66. The first-order chi connectivity index (χ1) is 12.5. The van der Waals surface area contributed by atoms with Crippen molar-refractivity contribution < 1.29 is 10.0 Å². The third-order valence-corrected chi connectivity index (χ3v) is 5.48. The normalized spacial score (nSPS) is 23.3. The molecule has 2 aliphatic heterocycles. The Morgan fingerprint density at radius 1 is 1.15 bits per heavy atom. The molecule has 0 spiro atoms. The summed E-state index contributed by atoms with van der Waals surface area (Å²) in [4.78, 5) is 24.6. The van der Waals surface area contributed by atoms with Gasteiger partial charge in [-0.1, -0.05) is 6.07 Å². The number of nitro benzene ring substituents is 1. The van der Waals surface area contributed by atoms with E-state index in [0.717, 1.165) is 31.7 Å². The van der Waals surface area contributed by atoms with E-state index >= 15 is 0 Å². The number of aliphatic hydroxyl groups excluding tert-OH is 1. The number of likely N-dealkylation sites (tertiary alicyclic amines) is 1. The van der Waals surface area contributed by atoms with Crippen molar-refractivity contribution in [2.45, 2.75) is 25.0 Å². The summed E-state index contributed by atoms with van der Waals surface area (Å²) in [5, 5.41) is 21.3. The predicted octanol–water partition coefficient (Wildman–Crippen LogP) is 1.91. The molecular formula is C19H21N3O4. The van der Waals surface area contributed by atoms with Crippen LogP contribution in [0.25, 0.3) is 0 Å². The van der Waals surface area contributed by atoms with Gasteiger partial charge in [-0.25, -0.2) is 0 Å². The fourth-order valence-corrected chi connectivity index (χ4v) is 4.31. The maximum atomic E-state index is 12.1. The number of fused-ring (bicyclic) bond motifs is 4. The fourth-order valence-electron chi connectivity index (χ4n) is 4.31. The van der Waals surface area contributed by atoms with Crippen LogP contribution in [0, 0.1) is 16.0 Å². The average Bonchev–Trinajstić information content (AvgIpc) is 2.62. The molecule has 7 heteroatoms. The first-order valence-corrected chi connectivity index (χ1v) is 8.86. The lowest BCUT2D eigenvalue weighted by Gasteiger charge is -2.43. The summed E-state index contributed by atoms with van der Waals surface area (Å²) in [6.07, 6.45) is 0.390. The van der Waals surface area contributed by atoms with Gasteiger partial charge >= 0.3 is 0 Å². The summed E-state index contributed by atoms with van der Waals surface area (Å²) in [6.45, 7) is 2.88. The van der Waals surface area contributed by atoms with Crippen LogP contribution in [0.1, 0.15) is 29.7 Å². The van der Waals surface area contributed by atoms with Crippen molar-refractivity contribution in [3.63, 3.8) is 0 Å². The summed E-state index contributed by atoms with van der Waals surface area (Å²) in [6, 6.07) is 11.5. The lowest BCUT2D eigenvalue weighted by Crippen LogP contribution is -2.48. The Kier molecular flexibility index (Phi) is 4.34. The minimum atomic E-state index is -0.687. The van der Waals surface area contributed by atoms with E-state index in [1.165, 1.54) is 12.1 Å². The highest BCUT2D eigenvalue weighted by atomic mass is 16.6. The van der Waals surface area contributed by atoms with Crippen molar-refractivity contribution in [1.82, 2.24) is 9.47 Å². The molecule has 1 aromatic heterocycles. The molecule has 3 atom stereocenters. The Morgan fingerprint density at radius 3 is 2.65 bits per heavy atom. The molecule has 7 nitrogen and oxygen atoms in total. The van der Waals surface area contributed by atoms with Crippen LogP contribution >= 0.6 is 0 Å². The molecule has 1 N–H and O–H groups in total. The van der Waals surface area contributed by atoms with Gasteiger partial charge in [-0.3, -0.25) is 19.8 Å². The Hall–Kier alpha value is -2.51. The van der Waals surface area contributed by atoms with Crippen molar-refractivity contribution in [2.24, 2.45) is 5.92 Å². The summed E-state index contributed by atoms with van der Waals surface area (Å²) in [5.41, 5.74) is 1.86. The zero-order valence-corrected chi connectivity index (χ0v) is 14.3. The van der Waals surface area contributed by atoms with E-state index in [2.05, 4.69) is 4.90 Å². The quantitative estimate of drug-likeness (QED) is 0.668. The van der Waals surface area contributed by atoms with Crippen LogP contribution in [-0.4, -0.2) is 39.1 Å². The maximum Gasteiger partial charge on any atom is 0.269 e. The van der Waals surface area contributed by atoms with Crippen LogP contribution in [0.3, 0.4) is 0 Å². The number of nitrogens with zero attached hydrogens (tertiary/aromatic N) is 3. The highest BCUT2D eigenvalue weighted by Crippen LogP contribution is 2.35. The smallest absolute Gasteiger partial charge is 0.269 e. The first-order valence-electron chi connectivity index (χ1n) is 8.86. The Labute approximate surface area is 150 Å². The largest absolute Gasteiger partial charge is 0.387 e. The van der Waals surface area contributed by atoms with Crippen molar-refractivity contribution in [2.75, 3.05) is 19.6 Å². The van der Waals surface area contributed by atoms with Gasteiger partial charge in [-0.15, -0.1) is 0 Å². The van der Waals surface area contributed by atoms with Crippen LogP contribution in [0.5, 0.6) is 0 Å². The Morgan fingerprint density at radius 2 is 1.92 bits per heavy atom. The molecule has 0 saturated carbocycles. The molecule has 0 radical (unpaired) electrons. The first kappa shape index (κ1) is 16.9. The fraction of sp³-hybridized carbons (Fsp3) is 0.421. The lowest BCUT2D eigenvalue weighted by molar-refractivity contribution is -0.384. The molecule has 0 aliphatic carbocycles. The van der Waals surface area contributed by atoms with Gasteiger partial charge in [-0.2, -0.15) is 0 Å². The van der Waals surface area contributed by atoms with Crippen LogP contribution in [0.15, 0.2) is 47.3 Å². The van der Waals surface area contributed by atoms with Crippen molar-refractivity contribution in [1.29, 1.82) is 0 Å². The number of aromatic nitrogens is 1. The number of hydrogen-bond donors (Lipinski definition) is 1. The van der Waals surface area contributed by atoms with Gasteiger partial charge in [0.1, 0.15) is 0 Å². The molecule has 2 aliphatic rings. The highest BCUT2D eigenvalue weighted by molar-refractivity contribution is 5.33. The third-order valence-electron chi connectivity index (χ3n) is 5.48. The van der Waals surface area contributed by atoms with Crippen LogP contribution in [0.2, 0.25) is 0 Å². The van der Waals surface area contributed by atoms with Crippen molar-refractivity contribution in [3.8, 4) is 0 Å². The number of rotatable bonds is 4. The number of aliphatic hydroxyl groups is 1. The molecule has 2 aromatic rings. The summed E-state index contributed by atoms with van der Waals surface area (Å²) in [5.74, 6) is 0.714. The zero-order valence-electron chi connectivity index (χ0n) is 14.3. The van der Waals surface area contributed by atoms with Gasteiger partial charge in [0, 0.05) is 56.0 Å². The standard InChI is InChI=1S/C19H21N3O4/c23-18(14-4-6-16(7-5-14)22(25)26)12-20-9-13-8-15(11-20)17-2-1-3-19(24)21(17)10-13/h1-7,13,15,18,23H,8-12H2/t13-,15+,18-/m0/s1. The lowest BCUT2D eigenvalue weighted by atomic mass is 9.83. The van der Waals surface area contributed by atoms with Crippen molar-refractivity contribution >= 4 is 5.69 Å². The molecule has 4 rings (SSSR count). The number of piperidine rings is 1. The Bertz CT molecular complexity index is 877. The highest BCUT2D eigenvalue weighted by Gasteiger charge is 2.35. The van der Waals surface area contributed by atoms with Crippen LogP contribution in [-0.2, 0) is 6.54 Å². The van der Waals surface area contributed by atoms with E-state index in [1.54, 1.807) is 18.2 Å². The minimum absolute atomic E-state index is 0.0236. The van der Waals surface area contributed by atoms with Gasteiger partial charge in [0.25, 0.3) is 11.2 Å². The monoisotopic (exact) mass is 355 g/mol. The number of hydrogen-bond acceptors (Lipinski definition) is 5. The van der Waals surface area contributed by atoms with Gasteiger partial charge < -0.3 is 9.67 Å². The van der Waals surface area contributed by atoms with E-state index in [4.69, 9.17) is 0 Å². The second-order valence-electron chi connectivity index (χ2n) is 7.28. The van der Waals surface area contributed by atoms with Crippen LogP contribution < -0.4 is 5.56 Å². The van der Waals surface area contributed by atoms with Gasteiger partial charge in [-0.05, 0) is 36.1 Å². The summed E-state index contributed by atoms with van der Waals surface area (Å²) in [7, 11) is 0. The molecule has 136 valence electrons. The molecule has 1 fully saturated rings. The molecule has 26 heavy (non-hydrogen) atoms. The van der Waals surface area contributed by atoms with E-state index in [0.29, 0.717) is 23.9 Å². The molecule has 2 bridgehead atoms. The number of nitro groups is 1.